The van der Waals surface area contributed by atoms with Gasteiger partial charge in [0.05, 0.1) is 19.1 Å². The summed E-state index contributed by atoms with van der Waals surface area (Å²) in [6.07, 6.45) is -0.426. The minimum absolute atomic E-state index is 0.0330. The van der Waals surface area contributed by atoms with E-state index in [-0.39, 0.29) is 11.8 Å². The Hall–Kier alpha value is -1.28. The summed E-state index contributed by atoms with van der Waals surface area (Å²) in [6.45, 7) is 4.47. The molecule has 0 aliphatic carbocycles. The highest BCUT2D eigenvalue weighted by Gasteiger charge is 2.43. The molecule has 0 bridgehead atoms. The van der Waals surface area contributed by atoms with Gasteiger partial charge in [0.1, 0.15) is 0 Å². The lowest BCUT2D eigenvalue weighted by Gasteiger charge is -2.35. The van der Waals surface area contributed by atoms with Crippen molar-refractivity contribution < 1.29 is 18.4 Å². The Morgan fingerprint density at radius 2 is 1.95 bits per heavy atom. The number of hydrogen-bond donors (Lipinski definition) is 2. The number of piperazine rings is 1. The van der Waals surface area contributed by atoms with Gasteiger partial charge in [-0.25, -0.2) is 8.78 Å². The second-order valence-electron chi connectivity index (χ2n) is 5.55. The van der Waals surface area contributed by atoms with Crippen LogP contribution >= 0.6 is 0 Å². The third-order valence-electron chi connectivity index (χ3n) is 3.83. The van der Waals surface area contributed by atoms with Crippen molar-refractivity contribution in [3.8, 4) is 0 Å². The van der Waals surface area contributed by atoms with Gasteiger partial charge in [-0.05, 0) is 6.92 Å². The fourth-order valence-electron chi connectivity index (χ4n) is 2.69. The number of carbonyl (C=O) groups is 2. The van der Waals surface area contributed by atoms with E-state index in [0.717, 1.165) is 0 Å². The molecule has 6 nitrogen and oxygen atoms in total. The van der Waals surface area contributed by atoms with Crippen LogP contribution in [0.15, 0.2) is 0 Å². The summed E-state index contributed by atoms with van der Waals surface area (Å²) in [6, 6.07) is -0.782. The maximum Gasteiger partial charge on any atom is 0.262 e. The average Bonchev–Trinajstić information content (AvgIpc) is 2.79. The Morgan fingerprint density at radius 3 is 2.48 bits per heavy atom. The Kier molecular flexibility index (Phi) is 5.10. The highest BCUT2D eigenvalue weighted by atomic mass is 19.3. The molecule has 2 amide bonds. The Bertz CT molecular complexity index is 398. The molecule has 1 atom stereocenters. The number of carbonyl (C=O) groups excluding carboxylic acids is 2. The second-order valence-corrected chi connectivity index (χ2v) is 5.55. The first-order valence-electron chi connectivity index (χ1n) is 7.30. The van der Waals surface area contributed by atoms with Gasteiger partial charge in [-0.1, -0.05) is 0 Å². The average molecular weight is 304 g/mol. The lowest BCUT2D eigenvalue weighted by molar-refractivity contribution is -0.135. The molecule has 0 aromatic carbocycles. The van der Waals surface area contributed by atoms with Gasteiger partial charge in [-0.2, -0.15) is 0 Å². The summed E-state index contributed by atoms with van der Waals surface area (Å²) in [7, 11) is 0. The summed E-state index contributed by atoms with van der Waals surface area (Å²) < 4.78 is 26.2. The molecule has 0 saturated carbocycles. The van der Waals surface area contributed by atoms with Crippen LogP contribution in [0.2, 0.25) is 0 Å². The van der Waals surface area contributed by atoms with Gasteiger partial charge >= 0.3 is 0 Å². The van der Waals surface area contributed by atoms with Crippen molar-refractivity contribution in [3.05, 3.63) is 0 Å². The molecular formula is C13H22F2N4O2. The fraction of sp³-hybridized carbons (Fsp3) is 0.846. The Balaban J connectivity index is 1.76. The predicted molar refractivity (Wildman–Crippen MR) is 73.1 cm³/mol. The van der Waals surface area contributed by atoms with Gasteiger partial charge in [0.2, 0.25) is 11.8 Å². The number of alkyl halides is 2. The van der Waals surface area contributed by atoms with Crippen LogP contribution in [-0.2, 0) is 9.59 Å². The van der Waals surface area contributed by atoms with Crippen molar-refractivity contribution in [3.63, 3.8) is 0 Å². The molecule has 120 valence electrons. The zero-order valence-corrected chi connectivity index (χ0v) is 12.2. The van der Waals surface area contributed by atoms with Gasteiger partial charge in [0.25, 0.3) is 5.92 Å². The summed E-state index contributed by atoms with van der Waals surface area (Å²) in [5.74, 6) is -3.08. The normalized spacial score (nSPS) is 25.9. The van der Waals surface area contributed by atoms with Crippen molar-refractivity contribution in [2.75, 3.05) is 45.8 Å². The molecule has 8 heteroatoms. The maximum atomic E-state index is 13.1. The van der Waals surface area contributed by atoms with Gasteiger partial charge in [-0.3, -0.25) is 19.8 Å². The van der Waals surface area contributed by atoms with Crippen LogP contribution in [-0.4, -0.2) is 79.4 Å². The number of nitrogens with zero attached hydrogens (tertiary/aromatic N) is 2. The predicted octanol–water partition coefficient (Wildman–Crippen LogP) is -0.736. The Labute approximate surface area is 122 Å². The number of rotatable bonds is 4. The number of nitrogens with one attached hydrogen (secondary N) is 2. The molecule has 2 heterocycles. The van der Waals surface area contributed by atoms with E-state index in [1.54, 1.807) is 4.90 Å². The molecular weight excluding hydrogens is 282 g/mol. The van der Waals surface area contributed by atoms with Crippen molar-refractivity contribution in [1.82, 2.24) is 20.4 Å². The lowest BCUT2D eigenvalue weighted by atomic mass is 10.1. The number of halogens is 2. The third kappa shape index (κ3) is 4.34. The van der Waals surface area contributed by atoms with Crippen LogP contribution in [0, 0.1) is 0 Å². The highest BCUT2D eigenvalue weighted by Crippen LogP contribution is 2.26. The van der Waals surface area contributed by atoms with Crippen LogP contribution < -0.4 is 10.6 Å². The SMILES string of the molecule is CCNC(=O)CN1CCN(C(=O)C2CC(F)(F)CN2)CC1. The lowest BCUT2D eigenvalue weighted by Crippen LogP contribution is -2.54. The highest BCUT2D eigenvalue weighted by molar-refractivity contribution is 5.82. The molecule has 0 spiro atoms. The molecule has 2 fully saturated rings. The molecule has 2 aliphatic rings. The van der Waals surface area contributed by atoms with Gasteiger partial charge in [0.15, 0.2) is 0 Å². The molecule has 0 aromatic heterocycles. The van der Waals surface area contributed by atoms with Crippen LogP contribution in [0.3, 0.4) is 0 Å². The summed E-state index contributed by atoms with van der Waals surface area (Å²) >= 11 is 0. The quantitative estimate of drug-likeness (QED) is 0.718. The van der Waals surface area contributed by atoms with E-state index in [0.29, 0.717) is 39.3 Å². The first kappa shape index (κ1) is 16.1. The van der Waals surface area contributed by atoms with Gasteiger partial charge in [-0.15, -0.1) is 0 Å². The van der Waals surface area contributed by atoms with Crippen LogP contribution in [0.1, 0.15) is 13.3 Å². The summed E-state index contributed by atoms with van der Waals surface area (Å²) in [5.41, 5.74) is 0. The van der Waals surface area contributed by atoms with E-state index in [1.807, 2.05) is 11.8 Å². The smallest absolute Gasteiger partial charge is 0.262 e. The van der Waals surface area contributed by atoms with E-state index < -0.39 is 24.9 Å². The molecule has 2 aliphatic heterocycles. The largest absolute Gasteiger partial charge is 0.355 e. The third-order valence-corrected chi connectivity index (χ3v) is 3.83. The molecule has 0 radical (unpaired) electrons. The van der Waals surface area contributed by atoms with Crippen molar-refractivity contribution in [2.24, 2.45) is 0 Å². The van der Waals surface area contributed by atoms with Crippen LogP contribution in [0.4, 0.5) is 8.78 Å². The minimum atomic E-state index is -2.79. The van der Waals surface area contributed by atoms with Gasteiger partial charge in [0, 0.05) is 39.1 Å². The number of hydrogen-bond acceptors (Lipinski definition) is 4. The van der Waals surface area contributed by atoms with E-state index >= 15 is 0 Å². The van der Waals surface area contributed by atoms with E-state index in [9.17, 15) is 18.4 Å². The zero-order valence-electron chi connectivity index (χ0n) is 12.2. The Morgan fingerprint density at radius 1 is 1.29 bits per heavy atom. The number of amides is 2. The first-order valence-corrected chi connectivity index (χ1v) is 7.30. The number of likely N-dealkylation sites (N-methyl/N-ethyl adjacent to an activating group) is 1. The minimum Gasteiger partial charge on any atom is -0.355 e. The summed E-state index contributed by atoms with van der Waals surface area (Å²) in [5, 5.41) is 5.31. The van der Waals surface area contributed by atoms with E-state index in [1.165, 1.54) is 0 Å². The molecule has 2 N–H and O–H groups in total. The second kappa shape index (κ2) is 6.65. The standard InChI is InChI=1S/C13H22F2N4O2/c1-2-16-11(20)8-18-3-5-19(6-4-18)12(21)10-7-13(14,15)9-17-10/h10,17H,2-9H2,1H3,(H,16,20). The van der Waals surface area contributed by atoms with E-state index in [4.69, 9.17) is 0 Å². The molecule has 2 saturated heterocycles. The fourth-order valence-corrected chi connectivity index (χ4v) is 2.69. The van der Waals surface area contributed by atoms with Gasteiger partial charge < -0.3 is 10.2 Å². The maximum absolute atomic E-state index is 13.1. The molecule has 21 heavy (non-hydrogen) atoms. The van der Waals surface area contributed by atoms with Crippen LogP contribution in [0.5, 0.6) is 0 Å². The monoisotopic (exact) mass is 304 g/mol. The topological polar surface area (TPSA) is 64.7 Å². The molecule has 2 rings (SSSR count). The van der Waals surface area contributed by atoms with E-state index in [2.05, 4.69) is 10.6 Å². The van der Waals surface area contributed by atoms with Crippen molar-refractivity contribution in [1.29, 1.82) is 0 Å². The van der Waals surface area contributed by atoms with Crippen molar-refractivity contribution >= 4 is 11.8 Å². The first-order chi connectivity index (χ1) is 9.91. The summed E-state index contributed by atoms with van der Waals surface area (Å²) in [4.78, 5) is 27.2. The zero-order chi connectivity index (χ0) is 15.5. The molecule has 0 aromatic rings. The van der Waals surface area contributed by atoms with Crippen molar-refractivity contribution in [2.45, 2.75) is 25.3 Å². The van der Waals surface area contributed by atoms with Crippen LogP contribution in [0.25, 0.3) is 0 Å². The molecule has 1 unspecified atom stereocenters.